The monoisotopic (exact) mass is 989 g/mol. The van der Waals surface area contributed by atoms with E-state index >= 15 is 0 Å². The van der Waals surface area contributed by atoms with E-state index in [-0.39, 0.29) is 31.1 Å². The lowest BCUT2D eigenvalue weighted by molar-refractivity contribution is -0.167. The van der Waals surface area contributed by atoms with Crippen LogP contribution in [0.25, 0.3) is 0 Å². The lowest BCUT2D eigenvalue weighted by Gasteiger charge is -2.18. The number of unbranched alkanes of at least 4 members (excludes halogenated alkanes) is 29. The van der Waals surface area contributed by atoms with Gasteiger partial charge in [-0.25, -0.2) is 0 Å². The van der Waals surface area contributed by atoms with Gasteiger partial charge < -0.3 is 14.2 Å². The maximum absolute atomic E-state index is 12.8. The van der Waals surface area contributed by atoms with Crippen LogP contribution in [0.1, 0.15) is 290 Å². The summed E-state index contributed by atoms with van der Waals surface area (Å²) in [5.74, 6) is -0.907. The highest BCUT2D eigenvalue weighted by atomic mass is 16.6. The fourth-order valence-electron chi connectivity index (χ4n) is 8.45. The minimum absolute atomic E-state index is 0.0847. The van der Waals surface area contributed by atoms with Crippen LogP contribution in [-0.4, -0.2) is 37.2 Å². The number of carbonyl (C=O) groups is 3. The Kier molecular flexibility index (Phi) is 56.3. The van der Waals surface area contributed by atoms with Crippen LogP contribution >= 0.6 is 0 Å². The van der Waals surface area contributed by atoms with Gasteiger partial charge in [0.15, 0.2) is 6.10 Å². The summed E-state index contributed by atoms with van der Waals surface area (Å²) in [5, 5.41) is 0. The molecule has 0 saturated heterocycles. The molecule has 6 nitrogen and oxygen atoms in total. The quantitative estimate of drug-likeness (QED) is 0.0261. The molecule has 0 bridgehead atoms. The molecule has 408 valence electrons. The van der Waals surface area contributed by atoms with Crippen molar-refractivity contribution in [2.75, 3.05) is 13.2 Å². The first-order chi connectivity index (χ1) is 35.0. The first-order valence-electron chi connectivity index (χ1n) is 30.1. The average Bonchev–Trinajstić information content (AvgIpc) is 3.37. The van der Waals surface area contributed by atoms with E-state index in [9.17, 15) is 14.4 Å². The number of esters is 3. The summed E-state index contributed by atoms with van der Waals surface area (Å²) >= 11 is 0. The SMILES string of the molecule is CC/C=C\C/C=C\C/C=C\C/C=C\CCCCCCCCCCCCCCCCCCC(=O)OCC(COC(=O)CCCCCCCCCCCCC)OC(=O)CCCCC/C=C\C/C=C\C/C=C\CC. The largest absolute Gasteiger partial charge is 0.462 e. The molecule has 0 spiro atoms. The van der Waals surface area contributed by atoms with E-state index in [4.69, 9.17) is 14.2 Å². The molecule has 0 aromatic carbocycles. The van der Waals surface area contributed by atoms with E-state index in [1.54, 1.807) is 0 Å². The van der Waals surface area contributed by atoms with E-state index in [0.29, 0.717) is 19.3 Å². The average molecular weight is 990 g/mol. The topological polar surface area (TPSA) is 78.9 Å². The van der Waals surface area contributed by atoms with Gasteiger partial charge in [-0.15, -0.1) is 0 Å². The van der Waals surface area contributed by atoms with Crippen LogP contribution in [-0.2, 0) is 28.6 Å². The number of allylic oxidation sites excluding steroid dienone is 14. The Labute approximate surface area is 439 Å². The highest BCUT2D eigenvalue weighted by Crippen LogP contribution is 2.16. The zero-order valence-electron chi connectivity index (χ0n) is 46.7. The maximum Gasteiger partial charge on any atom is 0.306 e. The molecule has 0 heterocycles. The molecule has 0 aliphatic rings. The van der Waals surface area contributed by atoms with Crippen LogP contribution in [0.2, 0.25) is 0 Å². The van der Waals surface area contributed by atoms with E-state index in [1.807, 2.05) is 0 Å². The molecule has 0 aromatic rings. The van der Waals surface area contributed by atoms with Gasteiger partial charge >= 0.3 is 17.9 Å². The molecule has 71 heavy (non-hydrogen) atoms. The second-order valence-electron chi connectivity index (χ2n) is 19.9. The summed E-state index contributed by atoms with van der Waals surface area (Å²) in [5.41, 5.74) is 0. The van der Waals surface area contributed by atoms with Crippen LogP contribution in [0.4, 0.5) is 0 Å². The first kappa shape index (κ1) is 67.6. The summed E-state index contributed by atoms with van der Waals surface area (Å²) in [4.78, 5) is 38.1. The Bertz CT molecular complexity index is 1370. The summed E-state index contributed by atoms with van der Waals surface area (Å²) in [6.07, 6.45) is 77.4. The van der Waals surface area contributed by atoms with Crippen molar-refractivity contribution in [3.8, 4) is 0 Å². The van der Waals surface area contributed by atoms with Crippen molar-refractivity contribution in [1.82, 2.24) is 0 Å². The highest BCUT2D eigenvalue weighted by Gasteiger charge is 2.19. The maximum atomic E-state index is 12.8. The van der Waals surface area contributed by atoms with Crippen LogP contribution < -0.4 is 0 Å². The van der Waals surface area contributed by atoms with E-state index in [1.165, 1.54) is 141 Å². The molecule has 0 aliphatic carbocycles. The van der Waals surface area contributed by atoms with Crippen molar-refractivity contribution in [3.05, 3.63) is 85.1 Å². The first-order valence-corrected chi connectivity index (χ1v) is 30.1. The van der Waals surface area contributed by atoms with Crippen LogP contribution in [0.3, 0.4) is 0 Å². The van der Waals surface area contributed by atoms with Gasteiger partial charge in [-0.1, -0.05) is 266 Å². The standard InChI is InChI=1S/C65H112O6/c1-4-7-10-13-16-19-22-24-25-26-27-28-29-30-31-32-33-34-35-36-37-38-39-41-43-46-49-52-55-58-64(67)70-61-62(60-69-63(66)57-54-51-48-45-42-21-18-15-12-9-6-3)71-65(68)59-56-53-50-47-44-40-23-20-17-14-11-8-5-2/h7-8,10-11,16-17,19-20,24-25,27-28,40,44,62H,4-6,9,12-15,18,21-23,26,29-39,41-43,45-61H2,1-3H3/b10-7-,11-8-,19-16-,20-17-,25-24-,28-27-,44-40-. The molecule has 0 rings (SSSR count). The Hall–Kier alpha value is -3.41. The van der Waals surface area contributed by atoms with Gasteiger partial charge in [0.1, 0.15) is 13.2 Å². The second kappa shape index (κ2) is 59.2. The van der Waals surface area contributed by atoms with Gasteiger partial charge in [0.05, 0.1) is 0 Å². The molecule has 1 unspecified atom stereocenters. The molecule has 0 amide bonds. The van der Waals surface area contributed by atoms with Gasteiger partial charge in [-0.2, -0.15) is 0 Å². The Morgan fingerprint density at radius 1 is 0.296 bits per heavy atom. The number of hydrogen-bond acceptors (Lipinski definition) is 6. The third-order valence-electron chi connectivity index (χ3n) is 12.9. The zero-order chi connectivity index (χ0) is 51.4. The van der Waals surface area contributed by atoms with E-state index < -0.39 is 6.10 Å². The smallest absolute Gasteiger partial charge is 0.306 e. The number of hydrogen-bond donors (Lipinski definition) is 0. The van der Waals surface area contributed by atoms with Crippen LogP contribution in [0.5, 0.6) is 0 Å². The van der Waals surface area contributed by atoms with Crippen molar-refractivity contribution >= 4 is 17.9 Å². The fourth-order valence-corrected chi connectivity index (χ4v) is 8.45. The molecule has 0 fully saturated rings. The Morgan fingerprint density at radius 3 is 0.873 bits per heavy atom. The van der Waals surface area contributed by atoms with Crippen molar-refractivity contribution in [2.24, 2.45) is 0 Å². The minimum atomic E-state index is -0.788. The Balaban J connectivity index is 4.16. The van der Waals surface area contributed by atoms with Crippen molar-refractivity contribution in [3.63, 3.8) is 0 Å². The summed E-state index contributed by atoms with van der Waals surface area (Å²) in [6, 6.07) is 0. The van der Waals surface area contributed by atoms with Gasteiger partial charge in [-0.3, -0.25) is 14.4 Å². The van der Waals surface area contributed by atoms with Crippen molar-refractivity contribution < 1.29 is 28.6 Å². The molecule has 0 saturated carbocycles. The predicted molar refractivity (Wildman–Crippen MR) is 307 cm³/mol. The van der Waals surface area contributed by atoms with Crippen LogP contribution in [0.15, 0.2) is 85.1 Å². The third kappa shape index (κ3) is 57.4. The molecule has 0 N–H and O–H groups in total. The number of carbonyl (C=O) groups excluding carboxylic acids is 3. The molecular formula is C65H112O6. The van der Waals surface area contributed by atoms with Gasteiger partial charge in [0, 0.05) is 19.3 Å². The minimum Gasteiger partial charge on any atom is -0.462 e. The molecule has 0 radical (unpaired) electrons. The lowest BCUT2D eigenvalue weighted by atomic mass is 10.0. The molecule has 6 heteroatoms. The van der Waals surface area contributed by atoms with Crippen LogP contribution in [0, 0.1) is 0 Å². The zero-order valence-corrected chi connectivity index (χ0v) is 46.7. The number of rotatable bonds is 54. The lowest BCUT2D eigenvalue weighted by Crippen LogP contribution is -2.30. The summed E-state index contributed by atoms with van der Waals surface area (Å²) < 4.78 is 16.8. The predicted octanol–water partition coefficient (Wildman–Crippen LogP) is 20.3. The Morgan fingerprint density at radius 2 is 0.549 bits per heavy atom. The van der Waals surface area contributed by atoms with E-state index in [2.05, 4.69) is 106 Å². The third-order valence-corrected chi connectivity index (χ3v) is 12.9. The molecule has 1 atom stereocenters. The van der Waals surface area contributed by atoms with Crippen molar-refractivity contribution in [1.29, 1.82) is 0 Å². The second-order valence-corrected chi connectivity index (χ2v) is 19.9. The van der Waals surface area contributed by atoms with Gasteiger partial charge in [0.2, 0.25) is 0 Å². The van der Waals surface area contributed by atoms with Crippen molar-refractivity contribution in [2.45, 2.75) is 297 Å². The molecule has 0 aliphatic heterocycles. The highest BCUT2D eigenvalue weighted by molar-refractivity contribution is 5.71. The normalized spacial score (nSPS) is 12.7. The summed E-state index contributed by atoms with van der Waals surface area (Å²) in [7, 11) is 0. The number of ether oxygens (including phenoxy) is 3. The molecule has 0 aromatic heterocycles. The fraction of sp³-hybridized carbons (Fsp3) is 0.738. The molecular weight excluding hydrogens is 877 g/mol. The van der Waals surface area contributed by atoms with Gasteiger partial charge in [-0.05, 0) is 89.9 Å². The van der Waals surface area contributed by atoms with E-state index in [0.717, 1.165) is 109 Å². The van der Waals surface area contributed by atoms with Gasteiger partial charge in [0.25, 0.3) is 0 Å². The summed E-state index contributed by atoms with van der Waals surface area (Å²) in [6.45, 7) is 6.40.